The van der Waals surface area contributed by atoms with Crippen molar-refractivity contribution in [3.05, 3.63) is 12.4 Å². The molecule has 0 bridgehead atoms. The van der Waals surface area contributed by atoms with E-state index in [0.717, 1.165) is 38.8 Å². The number of amides is 1. The fourth-order valence-corrected chi connectivity index (χ4v) is 2.80. The van der Waals surface area contributed by atoms with E-state index in [-0.39, 0.29) is 11.3 Å². The van der Waals surface area contributed by atoms with Gasteiger partial charge in [-0.1, -0.05) is 18.6 Å². The van der Waals surface area contributed by atoms with Gasteiger partial charge in [0.25, 0.3) is 0 Å². The minimum atomic E-state index is -0.164. The molecule has 1 fully saturated rings. The Kier molecular flexibility index (Phi) is 4.90. The molecule has 1 aromatic heterocycles. The van der Waals surface area contributed by atoms with E-state index in [9.17, 15) is 4.79 Å². The van der Waals surface area contributed by atoms with Crippen LogP contribution in [-0.4, -0.2) is 40.5 Å². The Balaban J connectivity index is 1.85. The van der Waals surface area contributed by atoms with Gasteiger partial charge in [-0.25, -0.2) is 0 Å². The second-order valence-electron chi connectivity index (χ2n) is 5.20. The van der Waals surface area contributed by atoms with E-state index in [1.807, 2.05) is 0 Å². The predicted molar refractivity (Wildman–Crippen MR) is 72.5 cm³/mol. The molecule has 19 heavy (non-hydrogen) atoms. The molecule has 0 aliphatic carbocycles. The molecule has 1 aliphatic rings. The maximum absolute atomic E-state index is 12.5. The largest absolute Gasteiger partial charge is 0.354 e. The van der Waals surface area contributed by atoms with Crippen molar-refractivity contribution < 1.29 is 4.79 Å². The van der Waals surface area contributed by atoms with E-state index in [0.29, 0.717) is 13.1 Å². The van der Waals surface area contributed by atoms with Crippen LogP contribution in [0.25, 0.3) is 0 Å². The van der Waals surface area contributed by atoms with Crippen molar-refractivity contribution in [3.63, 3.8) is 0 Å². The quantitative estimate of drug-likeness (QED) is 0.788. The monoisotopic (exact) mass is 265 g/mol. The zero-order valence-corrected chi connectivity index (χ0v) is 11.6. The Hall–Kier alpha value is -1.43. The molecule has 0 unspecified atom stereocenters. The van der Waals surface area contributed by atoms with Gasteiger partial charge in [-0.2, -0.15) is 0 Å². The van der Waals surface area contributed by atoms with Crippen LogP contribution in [0.3, 0.4) is 0 Å². The van der Waals surface area contributed by atoms with Crippen LogP contribution in [0.4, 0.5) is 0 Å². The van der Waals surface area contributed by atoms with Crippen molar-refractivity contribution in [3.8, 4) is 0 Å². The van der Waals surface area contributed by atoms with Gasteiger partial charge in [0.1, 0.15) is 0 Å². The summed E-state index contributed by atoms with van der Waals surface area (Å²) in [5, 5.41) is 14.0. The van der Waals surface area contributed by atoms with Crippen molar-refractivity contribution in [2.75, 3.05) is 19.6 Å². The highest BCUT2D eigenvalue weighted by molar-refractivity contribution is 5.82. The van der Waals surface area contributed by atoms with Crippen LogP contribution in [0.15, 0.2) is 12.4 Å². The number of rotatable bonds is 6. The second-order valence-corrected chi connectivity index (χ2v) is 5.20. The van der Waals surface area contributed by atoms with E-state index < -0.39 is 0 Å². The van der Waals surface area contributed by atoms with Crippen molar-refractivity contribution in [2.24, 2.45) is 5.41 Å². The van der Waals surface area contributed by atoms with E-state index in [1.54, 1.807) is 17.1 Å². The van der Waals surface area contributed by atoms with Gasteiger partial charge in [0, 0.05) is 12.7 Å². The number of nitrogens with zero attached hydrogens (tertiary/aromatic N) is 3. The normalized spacial score (nSPS) is 18.2. The number of hydrogen-bond donors (Lipinski definition) is 2. The lowest BCUT2D eigenvalue weighted by Crippen LogP contribution is -2.48. The molecule has 1 aromatic rings. The summed E-state index contributed by atoms with van der Waals surface area (Å²) in [6.45, 7) is 5.31. The first-order valence-corrected chi connectivity index (χ1v) is 7.10. The molecule has 6 nitrogen and oxygen atoms in total. The molecular weight excluding hydrogens is 242 g/mol. The Labute approximate surface area is 113 Å². The van der Waals surface area contributed by atoms with Crippen molar-refractivity contribution in [2.45, 2.75) is 39.2 Å². The second kappa shape index (κ2) is 6.65. The average Bonchev–Trinajstić information content (AvgIpc) is 2.93. The van der Waals surface area contributed by atoms with Crippen LogP contribution >= 0.6 is 0 Å². The topological polar surface area (TPSA) is 71.8 Å². The Bertz CT molecular complexity index is 378. The van der Waals surface area contributed by atoms with Gasteiger partial charge in [-0.3, -0.25) is 9.48 Å². The standard InChI is InChI=1S/C13H23N5O/c1-2-3-13(4-6-14-7-5-13)12(19)15-8-10-18-11-9-16-17-18/h9,11,14H,2-8,10H2,1H3,(H,15,19). The molecular formula is C13H23N5O. The van der Waals surface area contributed by atoms with Gasteiger partial charge in [0.2, 0.25) is 5.91 Å². The van der Waals surface area contributed by atoms with E-state index >= 15 is 0 Å². The number of carbonyl (C=O) groups excluding carboxylic acids is 1. The molecule has 1 saturated heterocycles. The Morgan fingerprint density at radius 2 is 2.26 bits per heavy atom. The third-order valence-electron chi connectivity index (χ3n) is 3.87. The first-order valence-electron chi connectivity index (χ1n) is 7.10. The smallest absolute Gasteiger partial charge is 0.226 e. The molecule has 0 radical (unpaired) electrons. The Morgan fingerprint density at radius 3 is 2.89 bits per heavy atom. The van der Waals surface area contributed by atoms with Gasteiger partial charge < -0.3 is 10.6 Å². The number of carbonyl (C=O) groups is 1. The van der Waals surface area contributed by atoms with E-state index in [4.69, 9.17) is 0 Å². The number of nitrogens with one attached hydrogen (secondary N) is 2. The summed E-state index contributed by atoms with van der Waals surface area (Å²) >= 11 is 0. The highest BCUT2D eigenvalue weighted by Gasteiger charge is 2.38. The van der Waals surface area contributed by atoms with Gasteiger partial charge in [-0.15, -0.1) is 5.10 Å². The lowest BCUT2D eigenvalue weighted by Gasteiger charge is -2.36. The fraction of sp³-hybridized carbons (Fsp3) is 0.769. The zero-order chi connectivity index (χ0) is 13.6. The summed E-state index contributed by atoms with van der Waals surface area (Å²) in [5.74, 6) is 0.205. The van der Waals surface area contributed by atoms with E-state index in [2.05, 4.69) is 27.9 Å². The van der Waals surface area contributed by atoms with Crippen LogP contribution in [0.2, 0.25) is 0 Å². The lowest BCUT2D eigenvalue weighted by molar-refractivity contribution is -0.133. The third-order valence-corrected chi connectivity index (χ3v) is 3.87. The molecule has 0 atom stereocenters. The predicted octanol–water partition coefficient (Wildman–Crippen LogP) is 0.564. The molecule has 1 aliphatic heterocycles. The SMILES string of the molecule is CCCC1(C(=O)NCCn2ccnn2)CCNCC1. The molecule has 106 valence electrons. The first kappa shape index (κ1) is 14.0. The zero-order valence-electron chi connectivity index (χ0n) is 11.6. The van der Waals surface area contributed by atoms with E-state index in [1.165, 1.54) is 0 Å². The summed E-state index contributed by atoms with van der Waals surface area (Å²) in [4.78, 5) is 12.5. The molecule has 0 spiro atoms. The van der Waals surface area contributed by atoms with Gasteiger partial charge in [0.15, 0.2) is 0 Å². The minimum Gasteiger partial charge on any atom is -0.354 e. The summed E-state index contributed by atoms with van der Waals surface area (Å²) in [6.07, 6.45) is 7.36. The maximum Gasteiger partial charge on any atom is 0.226 e. The lowest BCUT2D eigenvalue weighted by atomic mass is 9.74. The fourth-order valence-electron chi connectivity index (χ4n) is 2.80. The highest BCUT2D eigenvalue weighted by atomic mass is 16.2. The molecule has 2 N–H and O–H groups in total. The first-order chi connectivity index (χ1) is 9.27. The summed E-state index contributed by atoms with van der Waals surface area (Å²) in [5.41, 5.74) is -0.164. The highest BCUT2D eigenvalue weighted by Crippen LogP contribution is 2.34. The molecule has 0 aromatic carbocycles. The summed E-state index contributed by atoms with van der Waals surface area (Å²) in [6, 6.07) is 0. The minimum absolute atomic E-state index is 0.164. The van der Waals surface area contributed by atoms with Gasteiger partial charge >= 0.3 is 0 Å². The van der Waals surface area contributed by atoms with Crippen LogP contribution < -0.4 is 10.6 Å². The molecule has 6 heteroatoms. The van der Waals surface area contributed by atoms with Crippen LogP contribution in [0.1, 0.15) is 32.6 Å². The number of piperidine rings is 1. The molecule has 2 rings (SSSR count). The molecule has 2 heterocycles. The van der Waals surface area contributed by atoms with Crippen LogP contribution in [0, 0.1) is 5.41 Å². The molecule has 1 amide bonds. The van der Waals surface area contributed by atoms with Gasteiger partial charge in [-0.05, 0) is 32.4 Å². The summed E-state index contributed by atoms with van der Waals surface area (Å²) < 4.78 is 1.73. The number of aromatic nitrogens is 3. The third kappa shape index (κ3) is 3.53. The Morgan fingerprint density at radius 1 is 1.47 bits per heavy atom. The summed E-state index contributed by atoms with van der Waals surface area (Å²) in [7, 11) is 0. The maximum atomic E-state index is 12.5. The number of hydrogen-bond acceptors (Lipinski definition) is 4. The van der Waals surface area contributed by atoms with Gasteiger partial charge in [0.05, 0.1) is 18.2 Å². The average molecular weight is 265 g/mol. The van der Waals surface area contributed by atoms with Crippen LogP contribution in [0.5, 0.6) is 0 Å². The van der Waals surface area contributed by atoms with Crippen molar-refractivity contribution in [1.82, 2.24) is 25.6 Å². The van der Waals surface area contributed by atoms with Crippen LogP contribution in [-0.2, 0) is 11.3 Å². The van der Waals surface area contributed by atoms with Crippen molar-refractivity contribution >= 4 is 5.91 Å². The molecule has 0 saturated carbocycles. The van der Waals surface area contributed by atoms with Crippen molar-refractivity contribution in [1.29, 1.82) is 0 Å².